The van der Waals surface area contributed by atoms with Gasteiger partial charge in [-0.2, -0.15) is 0 Å². The van der Waals surface area contributed by atoms with Crippen LogP contribution in [0, 0.1) is 13.8 Å². The van der Waals surface area contributed by atoms with Gasteiger partial charge in [0.1, 0.15) is 0 Å². The van der Waals surface area contributed by atoms with E-state index >= 15 is 0 Å². The minimum Gasteiger partial charge on any atom is -0.490 e. The summed E-state index contributed by atoms with van der Waals surface area (Å²) in [7, 11) is 1.72. The summed E-state index contributed by atoms with van der Waals surface area (Å²) in [6.07, 6.45) is 1.81. The number of para-hydroxylation sites is 1. The Labute approximate surface area is 221 Å². The maximum atomic E-state index is 12.9. The van der Waals surface area contributed by atoms with Crippen molar-refractivity contribution in [1.82, 2.24) is 4.90 Å². The van der Waals surface area contributed by atoms with Gasteiger partial charge in [-0.25, -0.2) is 4.99 Å². The second kappa shape index (κ2) is 11.8. The number of carbonyl (C=O) groups excluding carboxylic acids is 2. The first-order valence-electron chi connectivity index (χ1n) is 11.9. The van der Waals surface area contributed by atoms with Crippen molar-refractivity contribution in [3.63, 3.8) is 0 Å². The zero-order chi connectivity index (χ0) is 26.4. The molecule has 1 fully saturated rings. The fourth-order valence-electron chi connectivity index (χ4n) is 3.57. The highest BCUT2D eigenvalue weighted by molar-refractivity contribution is 8.18. The van der Waals surface area contributed by atoms with E-state index in [1.807, 2.05) is 68.4 Å². The molecule has 3 aromatic rings. The smallest absolute Gasteiger partial charge is 0.266 e. The van der Waals surface area contributed by atoms with Crippen LogP contribution < -0.4 is 14.8 Å². The lowest BCUT2D eigenvalue weighted by Crippen LogP contribution is -2.23. The molecule has 3 aromatic carbocycles. The van der Waals surface area contributed by atoms with Crippen LogP contribution in [0.1, 0.15) is 23.6 Å². The summed E-state index contributed by atoms with van der Waals surface area (Å²) >= 11 is 1.33. The number of anilines is 1. The third-order valence-corrected chi connectivity index (χ3v) is 6.76. The maximum absolute atomic E-state index is 12.9. The molecule has 0 bridgehead atoms. The maximum Gasteiger partial charge on any atom is 0.266 e. The lowest BCUT2D eigenvalue weighted by molar-refractivity contribution is -0.121. The van der Waals surface area contributed by atoms with E-state index in [2.05, 4.69) is 17.2 Å². The predicted octanol–water partition coefficient (Wildman–Crippen LogP) is 5.95. The van der Waals surface area contributed by atoms with Gasteiger partial charge < -0.3 is 14.8 Å². The molecule has 1 N–H and O–H groups in total. The number of aliphatic imine (C=N–C) groups is 1. The molecule has 0 aliphatic carbocycles. The molecule has 0 unspecified atom stereocenters. The van der Waals surface area contributed by atoms with Crippen LogP contribution in [0.3, 0.4) is 0 Å². The largest absolute Gasteiger partial charge is 0.490 e. The number of benzene rings is 3. The van der Waals surface area contributed by atoms with Crippen LogP contribution in [0.25, 0.3) is 6.08 Å². The molecule has 4 rings (SSSR count). The van der Waals surface area contributed by atoms with Crippen molar-refractivity contribution in [3.8, 4) is 11.5 Å². The minimum atomic E-state index is -0.272. The number of aryl methyl sites for hydroxylation is 2. The zero-order valence-electron chi connectivity index (χ0n) is 21.3. The van der Waals surface area contributed by atoms with Crippen LogP contribution in [0.2, 0.25) is 0 Å². The molecule has 0 saturated carbocycles. The summed E-state index contributed by atoms with van der Waals surface area (Å²) in [5, 5.41) is 3.41. The van der Waals surface area contributed by atoms with Gasteiger partial charge in [0.05, 0.1) is 17.2 Å². The number of likely N-dealkylation sites (N-methyl/N-ethyl adjacent to an activating group) is 1. The highest BCUT2D eigenvalue weighted by Crippen LogP contribution is 2.35. The SMILES string of the molecule is CCOc1cc(C=C2SC(=Nc3ccc(C)c(C)c3)N(C)C2=O)ccc1OCC(=O)Nc1ccccc1. The van der Waals surface area contributed by atoms with Crippen LogP contribution in [0.5, 0.6) is 11.5 Å². The number of hydrogen-bond acceptors (Lipinski definition) is 6. The van der Waals surface area contributed by atoms with Gasteiger partial charge in [-0.3, -0.25) is 14.5 Å². The van der Waals surface area contributed by atoms with Gasteiger partial charge in [-0.15, -0.1) is 0 Å². The van der Waals surface area contributed by atoms with Gasteiger partial charge in [-0.1, -0.05) is 30.3 Å². The molecule has 190 valence electrons. The van der Waals surface area contributed by atoms with Gasteiger partial charge in [0.2, 0.25) is 0 Å². The molecule has 1 aliphatic heterocycles. The summed E-state index contributed by atoms with van der Waals surface area (Å²) in [6, 6.07) is 20.5. The van der Waals surface area contributed by atoms with Crippen molar-refractivity contribution in [2.24, 2.45) is 4.99 Å². The van der Waals surface area contributed by atoms with E-state index in [0.29, 0.717) is 33.9 Å². The molecule has 0 radical (unpaired) electrons. The molecule has 8 heteroatoms. The van der Waals surface area contributed by atoms with Crippen molar-refractivity contribution in [2.45, 2.75) is 20.8 Å². The topological polar surface area (TPSA) is 80.2 Å². The first-order valence-corrected chi connectivity index (χ1v) is 12.7. The van der Waals surface area contributed by atoms with E-state index in [0.717, 1.165) is 16.8 Å². The number of ether oxygens (including phenoxy) is 2. The number of rotatable bonds is 8. The van der Waals surface area contributed by atoms with Gasteiger partial charge in [0.25, 0.3) is 11.8 Å². The second-order valence-corrected chi connectivity index (χ2v) is 9.49. The Bertz CT molecular complexity index is 1370. The minimum absolute atomic E-state index is 0.122. The van der Waals surface area contributed by atoms with Crippen molar-refractivity contribution >= 4 is 46.2 Å². The highest BCUT2D eigenvalue weighted by Gasteiger charge is 2.30. The summed E-state index contributed by atoms with van der Waals surface area (Å²) in [5.41, 5.74) is 4.64. The summed E-state index contributed by atoms with van der Waals surface area (Å²) in [5.74, 6) is 0.554. The van der Waals surface area contributed by atoms with Gasteiger partial charge in [0, 0.05) is 12.7 Å². The van der Waals surface area contributed by atoms with Crippen molar-refractivity contribution in [3.05, 3.63) is 88.3 Å². The Kier molecular flexibility index (Phi) is 8.30. The summed E-state index contributed by atoms with van der Waals surface area (Å²) in [6.45, 7) is 6.24. The Morgan fingerprint density at radius 1 is 1.00 bits per heavy atom. The molecule has 37 heavy (non-hydrogen) atoms. The van der Waals surface area contributed by atoms with E-state index in [4.69, 9.17) is 9.47 Å². The first-order chi connectivity index (χ1) is 17.8. The van der Waals surface area contributed by atoms with Gasteiger partial charge >= 0.3 is 0 Å². The normalized spacial score (nSPS) is 15.4. The third kappa shape index (κ3) is 6.59. The summed E-state index contributed by atoms with van der Waals surface area (Å²) < 4.78 is 11.5. The Hall–Kier alpha value is -4.04. The highest BCUT2D eigenvalue weighted by atomic mass is 32.2. The molecule has 2 amide bonds. The fraction of sp³-hybridized carbons (Fsp3) is 0.207. The molecule has 1 saturated heterocycles. The zero-order valence-corrected chi connectivity index (χ0v) is 22.1. The lowest BCUT2D eigenvalue weighted by Gasteiger charge is -2.13. The Morgan fingerprint density at radius 3 is 2.51 bits per heavy atom. The second-order valence-electron chi connectivity index (χ2n) is 8.48. The fourth-order valence-corrected chi connectivity index (χ4v) is 4.56. The first kappa shape index (κ1) is 26.0. The molecule has 0 aromatic heterocycles. The Balaban J connectivity index is 1.48. The van der Waals surface area contributed by atoms with Crippen LogP contribution in [-0.4, -0.2) is 42.1 Å². The van der Waals surface area contributed by atoms with E-state index < -0.39 is 0 Å². The molecule has 1 aliphatic rings. The van der Waals surface area contributed by atoms with Gasteiger partial charge in [-0.05, 0) is 91.7 Å². The molecule has 0 atom stereocenters. The number of amidine groups is 1. The molecule has 1 heterocycles. The quantitative estimate of drug-likeness (QED) is 0.375. The van der Waals surface area contributed by atoms with E-state index in [-0.39, 0.29) is 18.4 Å². The average molecular weight is 516 g/mol. The number of hydrogen-bond donors (Lipinski definition) is 1. The van der Waals surface area contributed by atoms with E-state index in [9.17, 15) is 9.59 Å². The number of nitrogens with one attached hydrogen (secondary N) is 1. The van der Waals surface area contributed by atoms with Gasteiger partial charge in [0.15, 0.2) is 23.3 Å². The number of amides is 2. The Morgan fingerprint density at radius 2 is 1.78 bits per heavy atom. The van der Waals surface area contributed by atoms with Crippen molar-refractivity contribution in [2.75, 3.05) is 25.6 Å². The van der Waals surface area contributed by atoms with Crippen LogP contribution >= 0.6 is 11.8 Å². The number of nitrogens with zero attached hydrogens (tertiary/aromatic N) is 2. The van der Waals surface area contributed by atoms with Crippen molar-refractivity contribution < 1.29 is 19.1 Å². The predicted molar refractivity (Wildman–Crippen MR) is 150 cm³/mol. The van der Waals surface area contributed by atoms with Crippen LogP contribution in [0.15, 0.2) is 76.6 Å². The van der Waals surface area contributed by atoms with Crippen LogP contribution in [-0.2, 0) is 9.59 Å². The molecule has 7 nitrogen and oxygen atoms in total. The average Bonchev–Trinajstić information content (AvgIpc) is 3.14. The molecular formula is C29H29N3O4S. The van der Waals surface area contributed by atoms with E-state index in [1.54, 1.807) is 30.2 Å². The van der Waals surface area contributed by atoms with E-state index in [1.165, 1.54) is 17.3 Å². The molecular weight excluding hydrogens is 486 g/mol. The summed E-state index contributed by atoms with van der Waals surface area (Å²) in [4.78, 5) is 32.0. The third-order valence-electron chi connectivity index (χ3n) is 5.70. The standard InChI is InChI=1S/C29H29N3O4S/c1-5-35-25-16-21(12-14-24(25)36-18-27(33)30-22-9-7-6-8-10-22)17-26-28(34)32(4)29(37-26)31-23-13-11-19(2)20(3)15-23/h6-17H,5,18H2,1-4H3,(H,30,33). The monoisotopic (exact) mass is 515 g/mol. The lowest BCUT2D eigenvalue weighted by atomic mass is 10.1. The number of thioether (sulfide) groups is 1. The molecule has 0 spiro atoms. The van der Waals surface area contributed by atoms with Crippen LogP contribution in [0.4, 0.5) is 11.4 Å². The number of carbonyl (C=O) groups is 2. The van der Waals surface area contributed by atoms with Crippen molar-refractivity contribution in [1.29, 1.82) is 0 Å².